The molecule has 2 aromatic rings. The number of nitro groups is 1. The number of nitrogens with two attached hydrogens (primary N) is 1. The smallest absolute Gasteiger partial charge is 0.273 e. The summed E-state index contributed by atoms with van der Waals surface area (Å²) in [6.45, 7) is 1.81. The van der Waals surface area contributed by atoms with Crippen molar-refractivity contribution in [2.24, 2.45) is 5.73 Å². The Kier molecular flexibility index (Phi) is 6.36. The van der Waals surface area contributed by atoms with Crippen LogP contribution in [0.2, 0.25) is 5.02 Å². The van der Waals surface area contributed by atoms with Crippen molar-refractivity contribution in [2.75, 3.05) is 0 Å². The van der Waals surface area contributed by atoms with Crippen LogP contribution < -0.4 is 5.73 Å². The highest BCUT2D eigenvalue weighted by Crippen LogP contribution is 2.20. The average Bonchev–Trinajstić information content (AvgIpc) is 2.47. The molecule has 0 atom stereocenters. The normalized spacial score (nSPS) is 9.43. The number of halogens is 1. The highest BCUT2D eigenvalue weighted by Gasteiger charge is 2.14. The fraction of sp³-hybridized carbons (Fsp3) is 0.133. The van der Waals surface area contributed by atoms with E-state index >= 15 is 0 Å². The predicted molar refractivity (Wildman–Crippen MR) is 82.4 cm³/mol. The average molecular weight is 307 g/mol. The lowest BCUT2D eigenvalue weighted by Crippen LogP contribution is -2.11. The second-order valence-electron chi connectivity index (χ2n) is 4.11. The van der Waals surface area contributed by atoms with Crippen LogP contribution in [0.15, 0.2) is 48.5 Å². The summed E-state index contributed by atoms with van der Waals surface area (Å²) in [5, 5.41) is 11.4. The van der Waals surface area contributed by atoms with Gasteiger partial charge in [0, 0.05) is 22.2 Å². The van der Waals surface area contributed by atoms with Crippen molar-refractivity contribution in [3.8, 4) is 0 Å². The van der Waals surface area contributed by atoms with E-state index in [2.05, 4.69) is 0 Å². The molecule has 0 bridgehead atoms. The molecule has 0 aromatic heterocycles. The Bertz CT molecular complexity index is 630. The van der Waals surface area contributed by atoms with E-state index in [0.717, 1.165) is 5.02 Å². The Labute approximate surface area is 127 Å². The summed E-state index contributed by atoms with van der Waals surface area (Å²) in [5.74, 6) is -0.657. The molecule has 0 saturated heterocycles. The van der Waals surface area contributed by atoms with E-state index in [1.54, 1.807) is 6.07 Å². The molecule has 2 N–H and O–H groups in total. The number of primary amides is 1. The number of aryl methyl sites for hydroxylation is 1. The highest BCUT2D eigenvalue weighted by molar-refractivity contribution is 6.30. The van der Waals surface area contributed by atoms with E-state index in [9.17, 15) is 14.9 Å². The third-order valence-electron chi connectivity index (χ3n) is 2.68. The van der Waals surface area contributed by atoms with E-state index in [0.29, 0.717) is 12.0 Å². The van der Waals surface area contributed by atoms with Crippen LogP contribution >= 0.6 is 11.6 Å². The summed E-state index contributed by atoms with van der Waals surface area (Å²) in [7, 11) is 0. The van der Waals surface area contributed by atoms with Gasteiger partial charge >= 0.3 is 0 Å². The van der Waals surface area contributed by atoms with Crippen LogP contribution in [0.3, 0.4) is 0 Å². The number of rotatable bonds is 3. The third kappa shape index (κ3) is 5.24. The molecule has 1 amide bonds. The maximum absolute atomic E-state index is 10.8. The van der Waals surface area contributed by atoms with E-state index < -0.39 is 10.8 Å². The molecule has 0 heterocycles. The first-order chi connectivity index (χ1) is 9.95. The van der Waals surface area contributed by atoms with Gasteiger partial charge in [0.05, 0.1) is 4.92 Å². The molecular formula is C15H15ClN2O3. The van der Waals surface area contributed by atoms with Gasteiger partial charge in [-0.05, 0) is 24.6 Å². The van der Waals surface area contributed by atoms with Crippen molar-refractivity contribution < 1.29 is 9.72 Å². The number of amides is 1. The predicted octanol–water partition coefficient (Wildman–Crippen LogP) is 3.60. The van der Waals surface area contributed by atoms with Crippen LogP contribution in [0.4, 0.5) is 5.69 Å². The van der Waals surface area contributed by atoms with Gasteiger partial charge < -0.3 is 5.73 Å². The second-order valence-corrected chi connectivity index (χ2v) is 4.55. The number of benzene rings is 2. The zero-order valence-corrected chi connectivity index (χ0v) is 12.2. The van der Waals surface area contributed by atoms with Crippen LogP contribution in [0.1, 0.15) is 22.8 Å². The van der Waals surface area contributed by atoms with Gasteiger partial charge in [-0.15, -0.1) is 0 Å². The van der Waals surface area contributed by atoms with Crippen molar-refractivity contribution >= 4 is 23.2 Å². The quantitative estimate of drug-likeness (QED) is 0.694. The molecule has 0 aliphatic rings. The van der Waals surface area contributed by atoms with Crippen LogP contribution in [-0.4, -0.2) is 10.8 Å². The molecule has 0 aliphatic heterocycles. The minimum Gasteiger partial charge on any atom is -0.366 e. The summed E-state index contributed by atoms with van der Waals surface area (Å²) >= 11 is 5.54. The summed E-state index contributed by atoms with van der Waals surface area (Å²) in [5.41, 5.74) is 5.72. The molecule has 0 spiro atoms. The zero-order chi connectivity index (χ0) is 15.8. The molecule has 0 radical (unpaired) electrons. The second kappa shape index (κ2) is 8.01. The number of hydrogen-bond acceptors (Lipinski definition) is 3. The first kappa shape index (κ1) is 16.7. The molecule has 2 rings (SSSR count). The highest BCUT2D eigenvalue weighted by atomic mass is 35.5. The lowest BCUT2D eigenvalue weighted by molar-refractivity contribution is -0.385. The number of nitro benzene ring substituents is 1. The molecule has 0 unspecified atom stereocenters. The molecule has 110 valence electrons. The van der Waals surface area contributed by atoms with E-state index in [1.165, 1.54) is 12.1 Å². The van der Waals surface area contributed by atoms with E-state index in [1.807, 2.05) is 37.3 Å². The Balaban J connectivity index is 0.000000262. The molecule has 0 fully saturated rings. The SMILES string of the molecule is CCc1ccc(C(N)=O)cc1[N+](=O)[O-].Clc1ccccc1. The molecular weight excluding hydrogens is 292 g/mol. The number of nitrogens with zero attached hydrogens (tertiary/aromatic N) is 1. The topological polar surface area (TPSA) is 86.2 Å². The van der Waals surface area contributed by atoms with Crippen LogP contribution in [0.25, 0.3) is 0 Å². The summed E-state index contributed by atoms with van der Waals surface area (Å²) in [4.78, 5) is 20.9. The minimum atomic E-state index is -0.657. The van der Waals surface area contributed by atoms with Crippen molar-refractivity contribution in [1.82, 2.24) is 0 Å². The lowest BCUT2D eigenvalue weighted by Gasteiger charge is -2.00. The van der Waals surface area contributed by atoms with Gasteiger partial charge in [-0.1, -0.05) is 42.8 Å². The first-order valence-electron chi connectivity index (χ1n) is 6.23. The summed E-state index contributed by atoms with van der Waals surface area (Å²) in [6.07, 6.45) is 0.551. The fourth-order valence-corrected chi connectivity index (χ4v) is 1.75. The lowest BCUT2D eigenvalue weighted by atomic mass is 10.1. The van der Waals surface area contributed by atoms with Crippen LogP contribution in [0, 0.1) is 10.1 Å². The maximum atomic E-state index is 10.8. The Morgan fingerprint density at radius 3 is 2.24 bits per heavy atom. The Morgan fingerprint density at radius 1 is 1.24 bits per heavy atom. The summed E-state index contributed by atoms with van der Waals surface area (Å²) < 4.78 is 0. The molecule has 2 aromatic carbocycles. The number of carbonyl (C=O) groups is 1. The van der Waals surface area contributed by atoms with Gasteiger partial charge in [0.25, 0.3) is 5.69 Å². The van der Waals surface area contributed by atoms with Gasteiger partial charge in [0.1, 0.15) is 0 Å². The zero-order valence-electron chi connectivity index (χ0n) is 11.5. The third-order valence-corrected chi connectivity index (χ3v) is 2.93. The molecule has 0 aliphatic carbocycles. The van der Waals surface area contributed by atoms with Crippen molar-refractivity contribution in [2.45, 2.75) is 13.3 Å². The number of carbonyl (C=O) groups excluding carboxylic acids is 1. The largest absolute Gasteiger partial charge is 0.366 e. The van der Waals surface area contributed by atoms with Gasteiger partial charge in [-0.25, -0.2) is 0 Å². The maximum Gasteiger partial charge on any atom is 0.273 e. The van der Waals surface area contributed by atoms with Crippen molar-refractivity contribution in [1.29, 1.82) is 0 Å². The monoisotopic (exact) mass is 306 g/mol. The molecule has 21 heavy (non-hydrogen) atoms. The van der Waals surface area contributed by atoms with Gasteiger partial charge in [-0.3, -0.25) is 14.9 Å². The van der Waals surface area contributed by atoms with Crippen LogP contribution in [0.5, 0.6) is 0 Å². The minimum absolute atomic E-state index is 0.0520. The molecule has 6 heteroatoms. The Morgan fingerprint density at radius 2 is 1.86 bits per heavy atom. The van der Waals surface area contributed by atoms with Crippen molar-refractivity contribution in [3.05, 3.63) is 74.8 Å². The first-order valence-corrected chi connectivity index (χ1v) is 6.61. The van der Waals surface area contributed by atoms with E-state index in [-0.39, 0.29) is 11.3 Å². The Hall–Kier alpha value is -2.40. The molecule has 0 saturated carbocycles. The van der Waals surface area contributed by atoms with Gasteiger partial charge in [-0.2, -0.15) is 0 Å². The van der Waals surface area contributed by atoms with E-state index in [4.69, 9.17) is 17.3 Å². The van der Waals surface area contributed by atoms with Crippen LogP contribution in [-0.2, 0) is 6.42 Å². The van der Waals surface area contributed by atoms with Crippen molar-refractivity contribution in [3.63, 3.8) is 0 Å². The fourth-order valence-electron chi connectivity index (χ4n) is 1.60. The molecule has 5 nitrogen and oxygen atoms in total. The standard InChI is InChI=1S/C9H10N2O3.C6H5Cl/c1-2-6-3-4-7(9(10)12)5-8(6)11(13)14;7-6-4-2-1-3-5-6/h3-5H,2H2,1H3,(H2,10,12);1-5H. The van der Waals surface area contributed by atoms with Gasteiger partial charge in [0.2, 0.25) is 5.91 Å². The number of hydrogen-bond donors (Lipinski definition) is 1. The summed E-state index contributed by atoms with van der Waals surface area (Å²) in [6, 6.07) is 13.7. The van der Waals surface area contributed by atoms with Gasteiger partial charge in [0.15, 0.2) is 0 Å².